The molecule has 0 saturated heterocycles. The van der Waals surface area contributed by atoms with Crippen LogP contribution in [-0.4, -0.2) is 14.8 Å². The summed E-state index contributed by atoms with van der Waals surface area (Å²) < 4.78 is 14.8. The number of rotatable bonds is 2. The van der Waals surface area contributed by atoms with Gasteiger partial charge in [-0.05, 0) is 30.0 Å². The van der Waals surface area contributed by atoms with Crippen molar-refractivity contribution in [3.8, 4) is 0 Å². The van der Waals surface area contributed by atoms with Crippen molar-refractivity contribution >= 4 is 0 Å². The average molecular weight is 245 g/mol. The van der Waals surface area contributed by atoms with Gasteiger partial charge in [0, 0.05) is 19.4 Å². The molecule has 2 heterocycles. The largest absolute Gasteiger partial charge is 0.250 e. The minimum absolute atomic E-state index is 0.204. The Kier molecular flexibility index (Phi) is 2.86. The number of hydrogen-bond acceptors (Lipinski definition) is 2. The SMILES string of the molecule is CC1CCn2nc(Cc3ccc(F)cc3)nc2C1. The zero-order valence-electron chi connectivity index (χ0n) is 10.4. The molecule has 1 aromatic carbocycles. The molecule has 4 heteroatoms. The van der Waals surface area contributed by atoms with Gasteiger partial charge in [0.25, 0.3) is 0 Å². The van der Waals surface area contributed by atoms with E-state index in [0.717, 1.165) is 30.2 Å². The lowest BCUT2D eigenvalue weighted by atomic mass is 10.0. The van der Waals surface area contributed by atoms with Crippen LogP contribution in [0.15, 0.2) is 24.3 Å². The molecule has 0 saturated carbocycles. The predicted molar refractivity (Wildman–Crippen MR) is 66.7 cm³/mol. The van der Waals surface area contributed by atoms with Crippen molar-refractivity contribution < 1.29 is 4.39 Å². The highest BCUT2D eigenvalue weighted by Gasteiger charge is 2.18. The molecule has 0 bridgehead atoms. The van der Waals surface area contributed by atoms with E-state index in [1.54, 1.807) is 12.1 Å². The van der Waals surface area contributed by atoms with Gasteiger partial charge in [-0.1, -0.05) is 19.1 Å². The molecule has 0 amide bonds. The molecular formula is C14H16FN3. The molecule has 0 spiro atoms. The van der Waals surface area contributed by atoms with Crippen LogP contribution < -0.4 is 0 Å². The molecule has 1 aliphatic heterocycles. The van der Waals surface area contributed by atoms with Crippen LogP contribution in [0.5, 0.6) is 0 Å². The molecule has 0 radical (unpaired) electrons. The molecule has 3 nitrogen and oxygen atoms in total. The summed E-state index contributed by atoms with van der Waals surface area (Å²) in [4.78, 5) is 4.58. The maximum Gasteiger partial charge on any atom is 0.155 e. The normalized spacial score (nSPS) is 18.7. The third-order valence-electron chi connectivity index (χ3n) is 3.43. The Hall–Kier alpha value is -1.71. The first-order valence-corrected chi connectivity index (χ1v) is 6.38. The van der Waals surface area contributed by atoms with Crippen molar-refractivity contribution in [3.63, 3.8) is 0 Å². The Balaban J connectivity index is 1.79. The molecule has 1 atom stereocenters. The van der Waals surface area contributed by atoms with E-state index in [9.17, 15) is 4.39 Å². The Labute approximate surface area is 106 Å². The number of aryl methyl sites for hydroxylation is 1. The maximum absolute atomic E-state index is 12.8. The lowest BCUT2D eigenvalue weighted by Gasteiger charge is -2.17. The third kappa shape index (κ3) is 2.28. The van der Waals surface area contributed by atoms with Crippen LogP contribution in [0.4, 0.5) is 4.39 Å². The van der Waals surface area contributed by atoms with Gasteiger partial charge in [-0.2, -0.15) is 5.10 Å². The van der Waals surface area contributed by atoms with Crippen LogP contribution >= 0.6 is 0 Å². The second-order valence-corrected chi connectivity index (χ2v) is 5.07. The third-order valence-corrected chi connectivity index (χ3v) is 3.43. The topological polar surface area (TPSA) is 30.7 Å². The van der Waals surface area contributed by atoms with Crippen molar-refractivity contribution in [2.45, 2.75) is 32.7 Å². The van der Waals surface area contributed by atoms with Gasteiger partial charge < -0.3 is 0 Å². The molecule has 0 N–H and O–H groups in total. The van der Waals surface area contributed by atoms with Gasteiger partial charge in [0.15, 0.2) is 5.82 Å². The number of hydrogen-bond donors (Lipinski definition) is 0. The second-order valence-electron chi connectivity index (χ2n) is 5.07. The van der Waals surface area contributed by atoms with Gasteiger partial charge in [0.1, 0.15) is 11.6 Å². The summed E-state index contributed by atoms with van der Waals surface area (Å²) in [5, 5.41) is 4.51. The monoisotopic (exact) mass is 245 g/mol. The summed E-state index contributed by atoms with van der Waals surface area (Å²) in [7, 11) is 0. The van der Waals surface area contributed by atoms with E-state index in [1.165, 1.54) is 18.6 Å². The van der Waals surface area contributed by atoms with E-state index >= 15 is 0 Å². The predicted octanol–water partition coefficient (Wildman–Crippen LogP) is 2.59. The molecule has 2 aromatic rings. The van der Waals surface area contributed by atoms with Crippen molar-refractivity contribution in [1.29, 1.82) is 0 Å². The van der Waals surface area contributed by atoms with E-state index < -0.39 is 0 Å². The molecule has 1 aliphatic rings. The van der Waals surface area contributed by atoms with Gasteiger partial charge >= 0.3 is 0 Å². The van der Waals surface area contributed by atoms with E-state index in [1.807, 2.05) is 4.68 Å². The molecule has 0 fully saturated rings. The summed E-state index contributed by atoms with van der Waals surface area (Å²) in [6, 6.07) is 6.54. The van der Waals surface area contributed by atoms with Crippen LogP contribution in [0.1, 0.15) is 30.6 Å². The first-order valence-electron chi connectivity index (χ1n) is 6.38. The summed E-state index contributed by atoms with van der Waals surface area (Å²) in [6.07, 6.45) is 2.86. The molecule has 94 valence electrons. The van der Waals surface area contributed by atoms with E-state index in [4.69, 9.17) is 0 Å². The number of benzene rings is 1. The van der Waals surface area contributed by atoms with E-state index in [2.05, 4.69) is 17.0 Å². The van der Waals surface area contributed by atoms with Gasteiger partial charge in [0.2, 0.25) is 0 Å². The van der Waals surface area contributed by atoms with Crippen LogP contribution in [0.25, 0.3) is 0 Å². The fraction of sp³-hybridized carbons (Fsp3) is 0.429. The standard InChI is InChI=1S/C14H16FN3/c1-10-6-7-18-14(8-10)16-13(17-18)9-11-2-4-12(15)5-3-11/h2-5,10H,6-9H2,1H3. The van der Waals surface area contributed by atoms with Crippen LogP contribution in [0.2, 0.25) is 0 Å². The summed E-state index contributed by atoms with van der Waals surface area (Å²) >= 11 is 0. The zero-order valence-corrected chi connectivity index (χ0v) is 10.4. The Morgan fingerprint density at radius 3 is 2.89 bits per heavy atom. The maximum atomic E-state index is 12.8. The van der Waals surface area contributed by atoms with Crippen molar-refractivity contribution in [3.05, 3.63) is 47.3 Å². The molecule has 18 heavy (non-hydrogen) atoms. The highest BCUT2D eigenvalue weighted by molar-refractivity contribution is 5.19. The summed E-state index contributed by atoms with van der Waals surface area (Å²) in [6.45, 7) is 3.21. The Morgan fingerprint density at radius 2 is 2.11 bits per heavy atom. The number of aromatic nitrogens is 3. The van der Waals surface area contributed by atoms with Crippen LogP contribution in [-0.2, 0) is 19.4 Å². The quantitative estimate of drug-likeness (QED) is 0.814. The Morgan fingerprint density at radius 1 is 1.33 bits per heavy atom. The number of fused-ring (bicyclic) bond motifs is 1. The zero-order chi connectivity index (χ0) is 12.5. The highest BCUT2D eigenvalue weighted by atomic mass is 19.1. The lowest BCUT2D eigenvalue weighted by Crippen LogP contribution is -2.18. The first kappa shape index (κ1) is 11.4. The first-order chi connectivity index (χ1) is 8.70. The molecule has 0 aliphatic carbocycles. The molecule has 1 unspecified atom stereocenters. The van der Waals surface area contributed by atoms with Gasteiger partial charge in [0.05, 0.1) is 0 Å². The minimum atomic E-state index is -0.204. The van der Waals surface area contributed by atoms with Crippen molar-refractivity contribution in [2.75, 3.05) is 0 Å². The Bertz CT molecular complexity index is 545. The van der Waals surface area contributed by atoms with Crippen molar-refractivity contribution in [1.82, 2.24) is 14.8 Å². The van der Waals surface area contributed by atoms with Crippen molar-refractivity contribution in [2.24, 2.45) is 5.92 Å². The lowest BCUT2D eigenvalue weighted by molar-refractivity contribution is 0.385. The van der Waals surface area contributed by atoms with E-state index in [0.29, 0.717) is 12.3 Å². The molecular weight excluding hydrogens is 229 g/mol. The van der Waals surface area contributed by atoms with Gasteiger partial charge in [-0.3, -0.25) is 0 Å². The van der Waals surface area contributed by atoms with E-state index in [-0.39, 0.29) is 5.82 Å². The highest BCUT2D eigenvalue weighted by Crippen LogP contribution is 2.18. The summed E-state index contributed by atoms with van der Waals surface area (Å²) in [5.41, 5.74) is 1.05. The summed E-state index contributed by atoms with van der Waals surface area (Å²) in [5.74, 6) is 2.42. The van der Waals surface area contributed by atoms with Gasteiger partial charge in [-0.25, -0.2) is 14.1 Å². The number of nitrogens with zero attached hydrogens (tertiary/aromatic N) is 3. The number of halogens is 1. The molecule has 1 aromatic heterocycles. The minimum Gasteiger partial charge on any atom is -0.250 e. The fourth-order valence-corrected chi connectivity index (χ4v) is 2.37. The second kappa shape index (κ2) is 4.52. The van der Waals surface area contributed by atoms with Gasteiger partial charge in [-0.15, -0.1) is 0 Å². The van der Waals surface area contributed by atoms with Crippen LogP contribution in [0, 0.1) is 11.7 Å². The fourth-order valence-electron chi connectivity index (χ4n) is 2.37. The average Bonchev–Trinajstić information content (AvgIpc) is 2.73. The van der Waals surface area contributed by atoms with Crippen LogP contribution in [0.3, 0.4) is 0 Å². The smallest absolute Gasteiger partial charge is 0.155 e. The molecule has 3 rings (SSSR count).